The number of aromatic nitrogens is 1. The summed E-state index contributed by atoms with van der Waals surface area (Å²) in [6.07, 6.45) is 5.83. The highest BCUT2D eigenvalue weighted by Gasteiger charge is 2.33. The summed E-state index contributed by atoms with van der Waals surface area (Å²) in [5, 5.41) is -0.747. The van der Waals surface area contributed by atoms with Crippen LogP contribution < -0.4 is 10.5 Å². The molecule has 1 aliphatic carbocycles. The van der Waals surface area contributed by atoms with Crippen LogP contribution in [0.5, 0.6) is 0 Å². The molecule has 1 saturated carbocycles. The lowest BCUT2D eigenvalue weighted by molar-refractivity contribution is -0.114. The number of nitrogens with two attached hydrogens (primary N) is 1. The summed E-state index contributed by atoms with van der Waals surface area (Å²) in [5.74, 6) is -0.389. The standard InChI is InChI=1S/C11H15N3O3S/c12-9-5-6-13-7-10(9)14-18(16,17)11(15)8-3-1-2-4-8/h5-8,14H,1-4H2,(H2,12,13). The number of carbonyl (C=O) groups excluding carboxylic acids is 1. The molecule has 0 bridgehead atoms. The highest BCUT2D eigenvalue weighted by Crippen LogP contribution is 2.28. The average molecular weight is 269 g/mol. The molecule has 0 spiro atoms. The van der Waals surface area contributed by atoms with Crippen LogP contribution in [0, 0.1) is 5.92 Å². The van der Waals surface area contributed by atoms with E-state index in [0.717, 1.165) is 12.8 Å². The number of sulfonamides is 1. The molecule has 1 fully saturated rings. The number of rotatable bonds is 3. The van der Waals surface area contributed by atoms with E-state index < -0.39 is 15.1 Å². The highest BCUT2D eigenvalue weighted by atomic mass is 32.2. The lowest BCUT2D eigenvalue weighted by Gasteiger charge is -2.11. The molecular formula is C11H15N3O3S. The predicted octanol–water partition coefficient (Wildman–Crippen LogP) is 1.12. The van der Waals surface area contributed by atoms with Crippen molar-refractivity contribution in [2.24, 2.45) is 5.92 Å². The Labute approximate surface area is 106 Å². The lowest BCUT2D eigenvalue weighted by atomic mass is 10.1. The number of nitrogens with one attached hydrogen (secondary N) is 1. The zero-order chi connectivity index (χ0) is 13.2. The van der Waals surface area contributed by atoms with E-state index in [1.54, 1.807) is 0 Å². The minimum Gasteiger partial charge on any atom is -0.397 e. The van der Waals surface area contributed by atoms with E-state index >= 15 is 0 Å². The second-order valence-electron chi connectivity index (χ2n) is 4.37. The second-order valence-corrected chi connectivity index (χ2v) is 5.98. The van der Waals surface area contributed by atoms with Gasteiger partial charge in [0, 0.05) is 12.1 Å². The van der Waals surface area contributed by atoms with Crippen LogP contribution in [-0.2, 0) is 14.8 Å². The van der Waals surface area contributed by atoms with Gasteiger partial charge in [0.1, 0.15) is 0 Å². The summed E-state index contributed by atoms with van der Waals surface area (Å²) in [6.45, 7) is 0. The Morgan fingerprint density at radius 1 is 1.39 bits per heavy atom. The van der Waals surface area contributed by atoms with Crippen molar-refractivity contribution in [2.45, 2.75) is 25.7 Å². The molecule has 98 valence electrons. The molecule has 0 saturated heterocycles. The number of anilines is 2. The van der Waals surface area contributed by atoms with Gasteiger partial charge in [-0.1, -0.05) is 12.8 Å². The molecular weight excluding hydrogens is 254 g/mol. The van der Waals surface area contributed by atoms with Gasteiger partial charge in [-0.2, -0.15) is 8.42 Å². The maximum atomic E-state index is 11.9. The molecule has 0 radical (unpaired) electrons. The molecule has 3 N–H and O–H groups in total. The van der Waals surface area contributed by atoms with E-state index in [4.69, 9.17) is 5.73 Å². The minimum absolute atomic E-state index is 0.142. The van der Waals surface area contributed by atoms with Crippen molar-refractivity contribution in [2.75, 3.05) is 10.5 Å². The largest absolute Gasteiger partial charge is 0.397 e. The molecule has 0 atom stereocenters. The lowest BCUT2D eigenvalue weighted by Crippen LogP contribution is -2.28. The van der Waals surface area contributed by atoms with Gasteiger partial charge < -0.3 is 5.73 Å². The van der Waals surface area contributed by atoms with Crippen LogP contribution in [-0.4, -0.2) is 18.5 Å². The Balaban J connectivity index is 2.17. The van der Waals surface area contributed by atoms with Crippen molar-refractivity contribution in [3.05, 3.63) is 18.5 Å². The SMILES string of the molecule is Nc1ccncc1NS(=O)(=O)C(=O)C1CCCC1. The van der Waals surface area contributed by atoms with Crippen LogP contribution in [0.2, 0.25) is 0 Å². The number of nitrogens with zero attached hydrogens (tertiary/aromatic N) is 1. The Hall–Kier alpha value is -1.63. The van der Waals surface area contributed by atoms with Crippen molar-refractivity contribution < 1.29 is 13.2 Å². The number of hydrogen-bond acceptors (Lipinski definition) is 5. The van der Waals surface area contributed by atoms with Crippen molar-refractivity contribution in [3.8, 4) is 0 Å². The van der Waals surface area contributed by atoms with E-state index in [2.05, 4.69) is 9.71 Å². The van der Waals surface area contributed by atoms with Gasteiger partial charge in [-0.05, 0) is 18.9 Å². The summed E-state index contributed by atoms with van der Waals surface area (Å²) in [4.78, 5) is 15.6. The third kappa shape index (κ3) is 2.61. The molecule has 0 aliphatic heterocycles. The molecule has 1 aliphatic rings. The molecule has 6 nitrogen and oxygen atoms in total. The molecule has 0 unspecified atom stereocenters. The maximum Gasteiger partial charge on any atom is 0.296 e. The summed E-state index contributed by atoms with van der Waals surface area (Å²) >= 11 is 0. The summed E-state index contributed by atoms with van der Waals surface area (Å²) in [7, 11) is -4.03. The van der Waals surface area contributed by atoms with Crippen molar-refractivity contribution in [1.82, 2.24) is 4.98 Å². The van der Waals surface area contributed by atoms with Gasteiger partial charge in [0.25, 0.3) is 15.1 Å². The van der Waals surface area contributed by atoms with Crippen LogP contribution in [0.3, 0.4) is 0 Å². The minimum atomic E-state index is -4.03. The van der Waals surface area contributed by atoms with Gasteiger partial charge in [-0.15, -0.1) is 0 Å². The van der Waals surface area contributed by atoms with Gasteiger partial charge in [-0.3, -0.25) is 14.5 Å². The van der Waals surface area contributed by atoms with Gasteiger partial charge in [-0.25, -0.2) is 0 Å². The fourth-order valence-electron chi connectivity index (χ4n) is 2.07. The van der Waals surface area contributed by atoms with Crippen molar-refractivity contribution in [1.29, 1.82) is 0 Å². The van der Waals surface area contributed by atoms with E-state index in [1.807, 2.05) is 0 Å². The zero-order valence-electron chi connectivity index (χ0n) is 9.80. The van der Waals surface area contributed by atoms with Gasteiger partial charge >= 0.3 is 0 Å². The van der Waals surface area contributed by atoms with Gasteiger partial charge in [0.15, 0.2) is 0 Å². The predicted molar refractivity (Wildman–Crippen MR) is 68.2 cm³/mol. The maximum absolute atomic E-state index is 11.9. The summed E-state index contributed by atoms with van der Waals surface area (Å²) in [5.41, 5.74) is 5.99. The Kier molecular flexibility index (Phi) is 3.51. The molecule has 0 amide bonds. The van der Waals surface area contributed by atoms with E-state index in [1.165, 1.54) is 18.5 Å². The van der Waals surface area contributed by atoms with Crippen molar-refractivity contribution >= 4 is 26.5 Å². The van der Waals surface area contributed by atoms with Gasteiger partial charge in [0.05, 0.1) is 17.6 Å². The second kappa shape index (κ2) is 4.93. The smallest absolute Gasteiger partial charge is 0.296 e. The first kappa shape index (κ1) is 12.8. The monoisotopic (exact) mass is 269 g/mol. The summed E-state index contributed by atoms with van der Waals surface area (Å²) in [6, 6.07) is 1.47. The fraction of sp³-hybridized carbons (Fsp3) is 0.455. The Morgan fingerprint density at radius 2 is 2.06 bits per heavy atom. The normalized spacial score (nSPS) is 16.7. The van der Waals surface area contributed by atoms with Crippen LogP contribution in [0.4, 0.5) is 11.4 Å². The Bertz CT molecular complexity index is 550. The highest BCUT2D eigenvalue weighted by molar-refractivity contribution is 8.07. The van der Waals surface area contributed by atoms with E-state index in [9.17, 15) is 13.2 Å². The number of carbonyl (C=O) groups is 1. The average Bonchev–Trinajstić information content (AvgIpc) is 2.84. The van der Waals surface area contributed by atoms with Gasteiger partial charge in [0.2, 0.25) is 0 Å². The third-order valence-corrected chi connectivity index (χ3v) is 4.40. The third-order valence-electron chi connectivity index (χ3n) is 3.05. The first-order chi connectivity index (χ1) is 8.50. The zero-order valence-corrected chi connectivity index (χ0v) is 10.6. The molecule has 2 rings (SSSR count). The first-order valence-corrected chi connectivity index (χ1v) is 7.25. The molecule has 1 aromatic heterocycles. The van der Waals surface area contributed by atoms with E-state index in [0.29, 0.717) is 12.8 Å². The topological polar surface area (TPSA) is 102 Å². The molecule has 7 heteroatoms. The van der Waals surface area contributed by atoms with Crippen LogP contribution >= 0.6 is 0 Å². The van der Waals surface area contributed by atoms with Crippen LogP contribution in [0.15, 0.2) is 18.5 Å². The van der Waals surface area contributed by atoms with Crippen molar-refractivity contribution in [3.63, 3.8) is 0 Å². The Morgan fingerprint density at radius 3 is 2.67 bits per heavy atom. The summed E-state index contributed by atoms with van der Waals surface area (Å²) < 4.78 is 26.0. The molecule has 1 heterocycles. The van der Waals surface area contributed by atoms with Crippen LogP contribution in [0.25, 0.3) is 0 Å². The number of nitrogen functional groups attached to an aromatic ring is 1. The van der Waals surface area contributed by atoms with E-state index in [-0.39, 0.29) is 17.3 Å². The molecule has 1 aromatic rings. The van der Waals surface area contributed by atoms with Crippen LogP contribution in [0.1, 0.15) is 25.7 Å². The number of pyridine rings is 1. The molecule has 0 aromatic carbocycles. The fourth-order valence-corrected chi connectivity index (χ4v) is 3.30. The molecule has 18 heavy (non-hydrogen) atoms. The first-order valence-electron chi connectivity index (χ1n) is 5.77. The quantitative estimate of drug-likeness (QED) is 0.856. The number of hydrogen-bond donors (Lipinski definition) is 2.